The van der Waals surface area contributed by atoms with Gasteiger partial charge in [0.1, 0.15) is 0 Å². The first-order valence-electron chi connectivity index (χ1n) is 9.76. The van der Waals surface area contributed by atoms with Gasteiger partial charge in [-0.05, 0) is 55.8 Å². The molecule has 0 aromatic heterocycles. The quantitative estimate of drug-likeness (QED) is 0.630. The first-order valence-corrected chi connectivity index (χ1v) is 12.2. The molecule has 1 aliphatic heterocycles. The number of likely N-dealkylation sites (tertiary alicyclic amines) is 1. The van der Waals surface area contributed by atoms with Crippen molar-refractivity contribution in [1.82, 2.24) is 10.2 Å². The number of hydrogen-bond acceptors (Lipinski definition) is 4. The number of benzene rings is 2. The van der Waals surface area contributed by atoms with Crippen LogP contribution < -0.4 is 10.6 Å². The van der Waals surface area contributed by atoms with Crippen LogP contribution in [0.1, 0.15) is 19.3 Å². The maximum atomic E-state index is 12.6. The lowest BCUT2D eigenvalue weighted by Gasteiger charge is -2.35. The molecule has 2 aromatic rings. The summed E-state index contributed by atoms with van der Waals surface area (Å²) in [5.74, 6) is 0.0708. The van der Waals surface area contributed by atoms with Crippen molar-refractivity contribution >= 4 is 37.5 Å². The maximum absolute atomic E-state index is 12.6. The van der Waals surface area contributed by atoms with Crippen LogP contribution in [0.5, 0.6) is 0 Å². The molecule has 0 aliphatic carbocycles. The molecule has 0 saturated carbocycles. The molecule has 2 N–H and O–H groups in total. The molecular weight excluding hydrogens is 454 g/mol. The van der Waals surface area contributed by atoms with E-state index in [1.54, 1.807) is 24.3 Å². The van der Waals surface area contributed by atoms with E-state index in [-0.39, 0.29) is 17.8 Å². The lowest BCUT2D eigenvalue weighted by molar-refractivity contribution is 0.155. The normalized spacial score (nSPS) is 17.6. The maximum Gasteiger partial charge on any atom is 0.319 e. The highest BCUT2D eigenvalue weighted by Crippen LogP contribution is 2.19. The molecular formula is C21H26BrN3O3S. The molecule has 1 aliphatic rings. The van der Waals surface area contributed by atoms with Crippen molar-refractivity contribution in [2.24, 2.45) is 0 Å². The third kappa shape index (κ3) is 6.55. The topological polar surface area (TPSA) is 78.5 Å². The van der Waals surface area contributed by atoms with E-state index < -0.39 is 9.84 Å². The van der Waals surface area contributed by atoms with Crippen LogP contribution in [-0.4, -0.2) is 50.8 Å². The number of urea groups is 1. The summed E-state index contributed by atoms with van der Waals surface area (Å²) in [4.78, 5) is 14.7. The van der Waals surface area contributed by atoms with Crippen molar-refractivity contribution in [2.45, 2.75) is 30.2 Å². The third-order valence-corrected chi connectivity index (χ3v) is 7.34. The van der Waals surface area contributed by atoms with E-state index in [1.807, 2.05) is 30.3 Å². The number of carbonyl (C=O) groups is 1. The van der Waals surface area contributed by atoms with Gasteiger partial charge in [0, 0.05) is 29.3 Å². The van der Waals surface area contributed by atoms with E-state index in [4.69, 9.17) is 0 Å². The van der Waals surface area contributed by atoms with Gasteiger partial charge < -0.3 is 10.6 Å². The number of sulfone groups is 1. The molecule has 1 atom stereocenters. The van der Waals surface area contributed by atoms with E-state index in [1.165, 1.54) is 0 Å². The molecule has 0 bridgehead atoms. The standard InChI is InChI=1S/C21H26BrN3O3S/c22-17-9-11-20(12-10-17)29(27,28)15-14-25-13-5-4-8-19(25)16-23-21(26)24-18-6-2-1-3-7-18/h1-3,6-7,9-12,19H,4-5,8,13-16H2,(H2,23,24,26). The molecule has 3 rings (SSSR count). The second-order valence-electron chi connectivity index (χ2n) is 7.16. The van der Waals surface area contributed by atoms with Gasteiger partial charge in [0.2, 0.25) is 0 Å². The number of nitrogens with one attached hydrogen (secondary N) is 2. The molecule has 0 spiro atoms. The van der Waals surface area contributed by atoms with Crippen LogP contribution in [0.15, 0.2) is 64.0 Å². The van der Waals surface area contributed by atoms with Gasteiger partial charge in [-0.2, -0.15) is 0 Å². The van der Waals surface area contributed by atoms with Crippen LogP contribution in [0.3, 0.4) is 0 Å². The molecule has 1 unspecified atom stereocenters. The molecule has 0 radical (unpaired) electrons. The fourth-order valence-electron chi connectivity index (χ4n) is 3.49. The van der Waals surface area contributed by atoms with E-state index in [2.05, 4.69) is 31.5 Å². The Morgan fingerprint density at radius 2 is 1.79 bits per heavy atom. The molecule has 8 heteroatoms. The zero-order valence-electron chi connectivity index (χ0n) is 16.2. The number of piperidine rings is 1. The molecule has 156 valence electrons. The second kappa shape index (κ2) is 10.2. The molecule has 1 heterocycles. The molecule has 1 saturated heterocycles. The summed E-state index contributed by atoms with van der Waals surface area (Å²) in [6, 6.07) is 15.9. The Bertz CT molecular complexity index is 905. The number of para-hydroxylation sites is 1. The molecule has 29 heavy (non-hydrogen) atoms. The molecule has 2 aromatic carbocycles. The van der Waals surface area contributed by atoms with Gasteiger partial charge in [-0.25, -0.2) is 13.2 Å². The predicted octanol–water partition coefficient (Wildman–Crippen LogP) is 3.90. The van der Waals surface area contributed by atoms with E-state index in [0.29, 0.717) is 18.0 Å². The highest BCUT2D eigenvalue weighted by molar-refractivity contribution is 9.10. The van der Waals surface area contributed by atoms with Gasteiger partial charge in [-0.1, -0.05) is 40.5 Å². The summed E-state index contributed by atoms with van der Waals surface area (Å²) < 4.78 is 26.1. The van der Waals surface area contributed by atoms with Crippen molar-refractivity contribution in [1.29, 1.82) is 0 Å². The van der Waals surface area contributed by atoms with Crippen LogP contribution >= 0.6 is 15.9 Å². The Morgan fingerprint density at radius 1 is 1.07 bits per heavy atom. The Balaban J connectivity index is 1.52. The Kier molecular flexibility index (Phi) is 7.69. The first kappa shape index (κ1) is 21.8. The van der Waals surface area contributed by atoms with Gasteiger partial charge in [0.25, 0.3) is 0 Å². The fourth-order valence-corrected chi connectivity index (χ4v) is 5.02. The Hall–Kier alpha value is -1.90. The van der Waals surface area contributed by atoms with Gasteiger partial charge in [-0.15, -0.1) is 0 Å². The number of anilines is 1. The summed E-state index contributed by atoms with van der Waals surface area (Å²) in [7, 11) is -3.33. The second-order valence-corrected chi connectivity index (χ2v) is 10.2. The first-order chi connectivity index (χ1) is 13.9. The third-order valence-electron chi connectivity index (χ3n) is 5.10. The van der Waals surface area contributed by atoms with Gasteiger partial charge in [-0.3, -0.25) is 4.90 Å². The van der Waals surface area contributed by atoms with Gasteiger partial charge in [0.15, 0.2) is 9.84 Å². The summed E-state index contributed by atoms with van der Waals surface area (Å²) in [5, 5.41) is 5.73. The van der Waals surface area contributed by atoms with Crippen LogP contribution in [0, 0.1) is 0 Å². The average Bonchev–Trinajstić information content (AvgIpc) is 2.72. The van der Waals surface area contributed by atoms with Gasteiger partial charge in [0.05, 0.1) is 10.6 Å². The fraction of sp³-hybridized carbons (Fsp3) is 0.381. The summed E-state index contributed by atoms with van der Waals surface area (Å²) >= 11 is 3.33. The van der Waals surface area contributed by atoms with Crippen molar-refractivity contribution in [2.75, 3.05) is 30.7 Å². The van der Waals surface area contributed by atoms with Crippen molar-refractivity contribution < 1.29 is 13.2 Å². The summed E-state index contributed by atoms with van der Waals surface area (Å²) in [6.07, 6.45) is 3.08. The number of rotatable bonds is 7. The van der Waals surface area contributed by atoms with Crippen molar-refractivity contribution in [3.63, 3.8) is 0 Å². The number of carbonyl (C=O) groups excluding carboxylic acids is 1. The summed E-state index contributed by atoms with van der Waals surface area (Å²) in [5.41, 5.74) is 0.742. The number of nitrogens with zero attached hydrogens (tertiary/aromatic N) is 1. The molecule has 6 nitrogen and oxygen atoms in total. The van der Waals surface area contributed by atoms with Crippen LogP contribution in [0.4, 0.5) is 10.5 Å². The Morgan fingerprint density at radius 3 is 2.52 bits per heavy atom. The molecule has 1 fully saturated rings. The smallest absolute Gasteiger partial charge is 0.319 e. The number of hydrogen-bond donors (Lipinski definition) is 2. The van der Waals surface area contributed by atoms with Gasteiger partial charge >= 0.3 is 6.03 Å². The van der Waals surface area contributed by atoms with Crippen LogP contribution in [0.2, 0.25) is 0 Å². The van der Waals surface area contributed by atoms with Crippen LogP contribution in [-0.2, 0) is 9.84 Å². The Labute approximate surface area is 180 Å². The average molecular weight is 480 g/mol. The zero-order chi connectivity index (χ0) is 20.7. The van der Waals surface area contributed by atoms with Crippen molar-refractivity contribution in [3.8, 4) is 0 Å². The number of halogens is 1. The number of amides is 2. The van der Waals surface area contributed by atoms with E-state index in [9.17, 15) is 13.2 Å². The van der Waals surface area contributed by atoms with E-state index in [0.717, 1.165) is 36.0 Å². The summed E-state index contributed by atoms with van der Waals surface area (Å²) in [6.45, 7) is 1.81. The highest BCUT2D eigenvalue weighted by atomic mass is 79.9. The molecule has 2 amide bonds. The monoisotopic (exact) mass is 479 g/mol. The minimum absolute atomic E-state index is 0.0708. The van der Waals surface area contributed by atoms with E-state index >= 15 is 0 Å². The minimum Gasteiger partial charge on any atom is -0.336 e. The SMILES string of the molecule is O=C(NCC1CCCCN1CCS(=O)(=O)c1ccc(Br)cc1)Nc1ccccc1. The predicted molar refractivity (Wildman–Crippen MR) is 119 cm³/mol. The van der Waals surface area contributed by atoms with Crippen molar-refractivity contribution in [3.05, 3.63) is 59.1 Å². The lowest BCUT2D eigenvalue weighted by atomic mass is 10.0. The van der Waals surface area contributed by atoms with Crippen LogP contribution in [0.25, 0.3) is 0 Å². The minimum atomic E-state index is -3.33. The largest absolute Gasteiger partial charge is 0.336 e. The lowest BCUT2D eigenvalue weighted by Crippen LogP contribution is -2.48. The highest BCUT2D eigenvalue weighted by Gasteiger charge is 2.25. The zero-order valence-corrected chi connectivity index (χ0v) is 18.6.